The van der Waals surface area contributed by atoms with Crippen LogP contribution in [0.15, 0.2) is 83.1 Å². The standard InChI is InChI=1S/C31H36N4O3S2.C2H4O2/c1-22-10-13-26-19-29(39-28(26)18-22)40(37)33-20-27(31(36)38-4)35(3)21-24-11-14-25(15-12-24)30(32)34(2)17-16-23-8-6-5-7-9-23;3-1-2-4/h5-15,18-19,27,32-33H,16-17,20-21H2,1-4H3;1,4H,2H2. The Labute approximate surface area is 265 Å². The maximum Gasteiger partial charge on any atom is 0.324 e. The molecule has 0 radical (unpaired) electrons. The molecule has 1 aromatic heterocycles. The van der Waals surface area contributed by atoms with Crippen LogP contribution in [0.1, 0.15) is 22.3 Å². The molecular weight excluding hydrogens is 597 g/mol. The number of aldehydes is 1. The number of likely N-dealkylation sites (N-methyl/N-ethyl adjacent to an activating group) is 2. The number of nitrogens with zero attached hydrogens (tertiary/aromatic N) is 2. The van der Waals surface area contributed by atoms with Crippen LogP contribution in [0.3, 0.4) is 0 Å². The normalized spacial score (nSPS) is 12.2. The molecule has 3 N–H and O–H groups in total. The number of aliphatic hydroxyl groups is 1. The van der Waals surface area contributed by atoms with Crippen molar-refractivity contribution in [2.24, 2.45) is 0 Å². The van der Waals surface area contributed by atoms with Crippen LogP contribution in [-0.4, -0.2) is 84.1 Å². The Morgan fingerprint density at radius 3 is 2.39 bits per heavy atom. The first-order valence-corrected chi connectivity index (χ1v) is 16.0. The van der Waals surface area contributed by atoms with E-state index in [1.165, 1.54) is 24.0 Å². The van der Waals surface area contributed by atoms with Crippen molar-refractivity contribution in [2.45, 2.75) is 30.1 Å². The summed E-state index contributed by atoms with van der Waals surface area (Å²) in [6.07, 6.45) is 1.30. The van der Waals surface area contributed by atoms with Gasteiger partial charge in [0.05, 0.1) is 13.7 Å². The van der Waals surface area contributed by atoms with Crippen molar-refractivity contribution in [2.75, 3.05) is 40.9 Å². The molecule has 3 aromatic carbocycles. The van der Waals surface area contributed by atoms with Crippen LogP contribution in [0.5, 0.6) is 0 Å². The highest BCUT2D eigenvalue weighted by Gasteiger charge is 2.25. The Bertz CT molecular complexity index is 1540. The molecule has 0 aliphatic carbocycles. The average Bonchev–Trinajstić information content (AvgIpc) is 3.47. The minimum absolute atomic E-state index is 0.179. The highest BCUT2D eigenvalue weighted by molar-refractivity contribution is 7.85. The fourth-order valence-electron chi connectivity index (χ4n) is 4.43. The summed E-state index contributed by atoms with van der Waals surface area (Å²) >= 11 is 1.49. The first-order valence-electron chi connectivity index (χ1n) is 14.1. The number of benzene rings is 3. The summed E-state index contributed by atoms with van der Waals surface area (Å²) in [4.78, 5) is 25.4. The number of aliphatic hydroxyl groups excluding tert-OH is 1. The summed E-state index contributed by atoms with van der Waals surface area (Å²) in [6.45, 7) is 3.10. The molecule has 0 spiro atoms. The van der Waals surface area contributed by atoms with Gasteiger partial charge in [0.2, 0.25) is 0 Å². The van der Waals surface area contributed by atoms with Gasteiger partial charge in [0.15, 0.2) is 0 Å². The Hall–Kier alpha value is -3.74. The number of ether oxygens (including phenoxy) is 1. The Balaban J connectivity index is 0.00000124. The first kappa shape index (κ1) is 34.7. The zero-order valence-corrected chi connectivity index (χ0v) is 27.1. The van der Waals surface area contributed by atoms with Gasteiger partial charge in [-0.25, -0.2) is 8.93 Å². The van der Waals surface area contributed by atoms with E-state index in [0.29, 0.717) is 18.7 Å². The second kappa shape index (κ2) is 17.5. The number of carbonyl (C=O) groups is 2. The van der Waals surface area contributed by atoms with Crippen molar-refractivity contribution in [1.29, 1.82) is 5.41 Å². The number of esters is 1. The number of hydrogen-bond acceptors (Lipinski definition) is 8. The lowest BCUT2D eigenvalue weighted by Crippen LogP contribution is -2.46. The number of fused-ring (bicyclic) bond motifs is 1. The Kier molecular flexibility index (Phi) is 13.8. The second-order valence-corrected chi connectivity index (χ2v) is 12.8. The third-order valence-electron chi connectivity index (χ3n) is 6.94. The molecule has 44 heavy (non-hydrogen) atoms. The van der Waals surface area contributed by atoms with E-state index in [1.807, 2.05) is 91.5 Å². The molecule has 0 saturated heterocycles. The highest BCUT2D eigenvalue weighted by Crippen LogP contribution is 2.28. The summed E-state index contributed by atoms with van der Waals surface area (Å²) in [6, 6.07) is 25.6. The van der Waals surface area contributed by atoms with Crippen molar-refractivity contribution in [3.63, 3.8) is 0 Å². The summed E-state index contributed by atoms with van der Waals surface area (Å²) in [5.41, 5.74) is 4.24. The Morgan fingerprint density at radius 2 is 1.75 bits per heavy atom. The van der Waals surface area contributed by atoms with Gasteiger partial charge < -0.3 is 19.5 Å². The average molecular weight is 637 g/mol. The lowest BCUT2D eigenvalue weighted by molar-refractivity contribution is -0.146. The van der Waals surface area contributed by atoms with Crippen molar-refractivity contribution >= 4 is 50.5 Å². The number of hydrogen-bond donors (Lipinski definition) is 3. The van der Waals surface area contributed by atoms with Gasteiger partial charge in [-0.15, -0.1) is 11.3 Å². The van der Waals surface area contributed by atoms with Gasteiger partial charge >= 0.3 is 5.97 Å². The van der Waals surface area contributed by atoms with Crippen LogP contribution >= 0.6 is 11.3 Å². The van der Waals surface area contributed by atoms with E-state index in [9.17, 15) is 9.00 Å². The van der Waals surface area contributed by atoms with Gasteiger partial charge in [-0.3, -0.25) is 15.1 Å². The molecule has 0 aliphatic heterocycles. The van der Waals surface area contributed by atoms with E-state index < -0.39 is 23.0 Å². The van der Waals surface area contributed by atoms with E-state index in [1.54, 1.807) is 0 Å². The summed E-state index contributed by atoms with van der Waals surface area (Å²) in [7, 11) is 3.70. The van der Waals surface area contributed by atoms with E-state index in [2.05, 4.69) is 22.9 Å². The van der Waals surface area contributed by atoms with Gasteiger partial charge in [-0.05, 0) is 54.6 Å². The predicted octanol–water partition coefficient (Wildman–Crippen LogP) is 4.17. The predicted molar refractivity (Wildman–Crippen MR) is 177 cm³/mol. The van der Waals surface area contributed by atoms with Gasteiger partial charge in [-0.2, -0.15) is 0 Å². The molecule has 234 valence electrons. The molecule has 0 bridgehead atoms. The molecule has 0 fully saturated rings. The van der Waals surface area contributed by atoms with E-state index in [-0.39, 0.29) is 13.2 Å². The maximum absolute atomic E-state index is 13.0. The van der Waals surface area contributed by atoms with Gasteiger partial charge in [0, 0.05) is 36.9 Å². The lowest BCUT2D eigenvalue weighted by Gasteiger charge is -2.26. The fraction of sp³-hybridized carbons (Fsp3) is 0.303. The third kappa shape index (κ3) is 10.2. The summed E-state index contributed by atoms with van der Waals surface area (Å²) < 4.78 is 22.9. The molecule has 9 nitrogen and oxygen atoms in total. The quantitative estimate of drug-likeness (QED) is 0.0872. The molecule has 2 unspecified atom stereocenters. The highest BCUT2D eigenvalue weighted by atomic mass is 32.2. The SMILES string of the molecule is COC(=O)C(CNS(=O)c1cc2ccc(C)cc2s1)N(C)Cc1ccc(C(=N)N(C)CCc2ccccc2)cc1.O=CCO. The van der Waals surface area contributed by atoms with E-state index in [4.69, 9.17) is 20.0 Å². The van der Waals surface area contributed by atoms with Gasteiger partial charge in [0.1, 0.15) is 33.4 Å². The molecule has 0 amide bonds. The monoisotopic (exact) mass is 636 g/mol. The Morgan fingerprint density at radius 1 is 1.07 bits per heavy atom. The van der Waals surface area contributed by atoms with Crippen LogP contribution in [0, 0.1) is 12.3 Å². The van der Waals surface area contributed by atoms with Crippen molar-refractivity contribution < 1.29 is 23.6 Å². The molecule has 0 aliphatic rings. The fourth-order valence-corrected chi connectivity index (χ4v) is 6.75. The molecular formula is C33H40N4O5S2. The second-order valence-electron chi connectivity index (χ2n) is 10.2. The molecule has 11 heteroatoms. The van der Waals surface area contributed by atoms with Gasteiger partial charge in [0.25, 0.3) is 0 Å². The number of nitrogens with one attached hydrogen (secondary N) is 2. The summed E-state index contributed by atoms with van der Waals surface area (Å²) in [5.74, 6) is 0.0729. The van der Waals surface area contributed by atoms with Crippen molar-refractivity contribution in [3.05, 3.63) is 101 Å². The number of carbonyl (C=O) groups excluding carboxylic acids is 2. The number of thiophene rings is 1. The third-order valence-corrected chi connectivity index (χ3v) is 9.45. The first-order chi connectivity index (χ1) is 21.2. The largest absolute Gasteiger partial charge is 0.468 e. The summed E-state index contributed by atoms with van der Waals surface area (Å²) in [5, 5.41) is 17.2. The lowest BCUT2D eigenvalue weighted by atomic mass is 10.1. The van der Waals surface area contributed by atoms with E-state index in [0.717, 1.165) is 44.0 Å². The molecule has 1 heterocycles. The smallest absolute Gasteiger partial charge is 0.324 e. The minimum atomic E-state index is -1.45. The van der Waals surface area contributed by atoms with Crippen LogP contribution in [0.2, 0.25) is 0 Å². The zero-order valence-electron chi connectivity index (χ0n) is 25.5. The number of methoxy groups -OCH3 is 1. The van der Waals surface area contributed by atoms with Crippen LogP contribution < -0.4 is 4.72 Å². The van der Waals surface area contributed by atoms with E-state index >= 15 is 0 Å². The minimum Gasteiger partial charge on any atom is -0.468 e. The molecule has 2 atom stereocenters. The van der Waals surface area contributed by atoms with Crippen molar-refractivity contribution in [3.8, 4) is 0 Å². The number of rotatable bonds is 13. The molecule has 4 rings (SSSR count). The number of aryl methyl sites for hydroxylation is 1. The van der Waals surface area contributed by atoms with Crippen LogP contribution in [0.25, 0.3) is 10.1 Å². The molecule has 4 aromatic rings. The van der Waals surface area contributed by atoms with Crippen LogP contribution in [0.4, 0.5) is 0 Å². The van der Waals surface area contributed by atoms with Crippen LogP contribution in [-0.2, 0) is 38.3 Å². The maximum atomic E-state index is 13.0. The zero-order chi connectivity index (χ0) is 32.1. The van der Waals surface area contributed by atoms with Crippen molar-refractivity contribution in [1.82, 2.24) is 14.5 Å². The number of amidine groups is 1. The topological polar surface area (TPSA) is 123 Å². The van der Waals surface area contributed by atoms with Gasteiger partial charge in [-0.1, -0.05) is 66.7 Å². The molecule has 0 saturated carbocycles.